The highest BCUT2D eigenvalue weighted by Crippen LogP contribution is 2.49. The molecule has 0 unspecified atom stereocenters. The molecule has 0 N–H and O–H groups in total. The van der Waals surface area contributed by atoms with Gasteiger partial charge in [-0.05, 0) is 51.7 Å². The molecule has 0 amide bonds. The summed E-state index contributed by atoms with van der Waals surface area (Å²) in [5.41, 5.74) is -0.748. The summed E-state index contributed by atoms with van der Waals surface area (Å²) in [5.74, 6) is -1.72. The number of nitrogens with zero attached hydrogens (tertiary/aromatic N) is 1. The Labute approximate surface area is 147 Å². The highest BCUT2D eigenvalue weighted by atomic mass is 16.6. The van der Waals surface area contributed by atoms with Crippen LogP contribution in [0.1, 0.15) is 57.1 Å². The molecule has 6 heteroatoms. The van der Waals surface area contributed by atoms with E-state index in [1.54, 1.807) is 32.9 Å². The molecule has 0 heterocycles. The van der Waals surface area contributed by atoms with Crippen molar-refractivity contribution >= 4 is 11.8 Å². The van der Waals surface area contributed by atoms with Crippen molar-refractivity contribution in [3.63, 3.8) is 0 Å². The largest absolute Gasteiger partial charge is 0.459 e. The van der Waals surface area contributed by atoms with Crippen LogP contribution in [0.25, 0.3) is 0 Å². The molecular formula is C19H25NO5. The van der Waals surface area contributed by atoms with Crippen molar-refractivity contribution < 1.29 is 19.2 Å². The minimum Gasteiger partial charge on any atom is -0.459 e. The quantitative estimate of drug-likeness (QED) is 0.352. The number of carbonyl (C=O) groups excluding carboxylic acids is 2. The third-order valence-electron chi connectivity index (χ3n) is 4.73. The SMILES string of the molecule is Cc1ccccc1[C@H](C[N+](=O)[O-])[C@]1(C(=O)OC(C)(C)C)CCCC1=O. The van der Waals surface area contributed by atoms with E-state index in [2.05, 4.69) is 0 Å². The Bertz CT molecular complexity index is 691. The minimum absolute atomic E-state index is 0.249. The third kappa shape index (κ3) is 3.89. The highest BCUT2D eigenvalue weighted by Gasteiger charge is 2.58. The van der Waals surface area contributed by atoms with Gasteiger partial charge >= 0.3 is 5.97 Å². The molecule has 6 nitrogen and oxygen atoms in total. The molecular weight excluding hydrogens is 322 g/mol. The van der Waals surface area contributed by atoms with E-state index < -0.39 is 34.4 Å². The molecule has 0 spiro atoms. The summed E-state index contributed by atoms with van der Waals surface area (Å²) >= 11 is 0. The molecule has 1 aliphatic carbocycles. The number of nitro groups is 1. The fraction of sp³-hybridized carbons (Fsp3) is 0.579. The van der Waals surface area contributed by atoms with Gasteiger partial charge in [0, 0.05) is 11.3 Å². The van der Waals surface area contributed by atoms with Gasteiger partial charge in [0.15, 0.2) is 5.78 Å². The van der Waals surface area contributed by atoms with Crippen molar-refractivity contribution in [2.75, 3.05) is 6.54 Å². The van der Waals surface area contributed by atoms with Crippen LogP contribution in [0.5, 0.6) is 0 Å². The number of ketones is 1. The molecule has 0 aromatic heterocycles. The van der Waals surface area contributed by atoms with Gasteiger partial charge in [-0.25, -0.2) is 0 Å². The number of aryl methyl sites for hydroxylation is 1. The number of benzene rings is 1. The van der Waals surface area contributed by atoms with E-state index in [4.69, 9.17) is 4.74 Å². The second kappa shape index (κ2) is 6.94. The Morgan fingerprint density at radius 2 is 2.00 bits per heavy atom. The molecule has 1 fully saturated rings. The lowest BCUT2D eigenvalue weighted by atomic mass is 9.69. The molecule has 2 rings (SSSR count). The topological polar surface area (TPSA) is 86.5 Å². The Kier molecular flexibility index (Phi) is 5.30. The van der Waals surface area contributed by atoms with Crippen molar-refractivity contribution in [1.29, 1.82) is 0 Å². The fourth-order valence-electron chi connectivity index (χ4n) is 3.63. The lowest BCUT2D eigenvalue weighted by molar-refractivity contribution is -0.485. The Balaban J connectivity index is 2.59. The van der Waals surface area contributed by atoms with Gasteiger partial charge in [0.2, 0.25) is 6.54 Å². The maximum absolute atomic E-state index is 13.0. The first-order valence-corrected chi connectivity index (χ1v) is 8.52. The number of esters is 1. The zero-order valence-electron chi connectivity index (χ0n) is 15.2. The summed E-state index contributed by atoms with van der Waals surface area (Å²) in [5, 5.41) is 11.3. The summed E-state index contributed by atoms with van der Waals surface area (Å²) in [6.45, 7) is 6.55. The van der Waals surface area contributed by atoms with Gasteiger partial charge < -0.3 is 4.74 Å². The summed E-state index contributed by atoms with van der Waals surface area (Å²) in [4.78, 5) is 36.7. The summed E-state index contributed by atoms with van der Waals surface area (Å²) in [7, 11) is 0. The summed E-state index contributed by atoms with van der Waals surface area (Å²) in [6, 6.07) is 7.21. The molecule has 136 valence electrons. The van der Waals surface area contributed by atoms with Gasteiger partial charge in [-0.15, -0.1) is 0 Å². The van der Waals surface area contributed by atoms with E-state index in [0.717, 1.165) is 5.56 Å². The van der Waals surface area contributed by atoms with Crippen LogP contribution < -0.4 is 0 Å². The normalized spacial score (nSPS) is 21.8. The average Bonchev–Trinajstić information content (AvgIpc) is 2.86. The number of carbonyl (C=O) groups is 2. The van der Waals surface area contributed by atoms with Crippen LogP contribution in [0.4, 0.5) is 0 Å². The standard InChI is InChI=1S/C19H25NO5/c1-13-8-5-6-9-14(13)15(12-20(23)24)19(11-7-10-16(19)21)17(22)25-18(2,3)4/h5-6,8-9,15H,7,10-12H2,1-4H3/t15-,19+/m0/s1. The molecule has 1 saturated carbocycles. The molecule has 0 radical (unpaired) electrons. The molecule has 0 aliphatic heterocycles. The van der Waals surface area contributed by atoms with Crippen LogP contribution >= 0.6 is 0 Å². The van der Waals surface area contributed by atoms with Crippen molar-refractivity contribution in [3.8, 4) is 0 Å². The van der Waals surface area contributed by atoms with Crippen molar-refractivity contribution in [2.45, 2.75) is 58.5 Å². The molecule has 1 aliphatic rings. The zero-order valence-corrected chi connectivity index (χ0v) is 15.2. The van der Waals surface area contributed by atoms with Crippen LogP contribution in [0.2, 0.25) is 0 Å². The number of hydrogen-bond acceptors (Lipinski definition) is 5. The van der Waals surface area contributed by atoms with Crippen LogP contribution in [0.3, 0.4) is 0 Å². The van der Waals surface area contributed by atoms with Crippen molar-refractivity contribution in [1.82, 2.24) is 0 Å². The van der Waals surface area contributed by atoms with Gasteiger partial charge in [0.05, 0.1) is 5.92 Å². The molecule has 25 heavy (non-hydrogen) atoms. The predicted molar refractivity (Wildman–Crippen MR) is 92.9 cm³/mol. The minimum atomic E-state index is -1.48. The first kappa shape index (κ1) is 19.1. The predicted octanol–water partition coefficient (Wildman–Crippen LogP) is 3.44. The van der Waals surface area contributed by atoms with E-state index in [1.165, 1.54) is 0 Å². The molecule has 1 aromatic rings. The lowest BCUT2D eigenvalue weighted by Crippen LogP contribution is -2.47. The molecule has 1 aromatic carbocycles. The molecule has 0 bridgehead atoms. The number of hydrogen-bond donors (Lipinski definition) is 0. The van der Waals surface area contributed by atoms with Crippen LogP contribution in [0, 0.1) is 22.5 Å². The van der Waals surface area contributed by atoms with E-state index in [0.29, 0.717) is 12.0 Å². The lowest BCUT2D eigenvalue weighted by Gasteiger charge is -2.35. The van der Waals surface area contributed by atoms with Crippen molar-refractivity contribution in [3.05, 3.63) is 45.5 Å². The first-order chi connectivity index (χ1) is 11.6. The van der Waals surface area contributed by atoms with E-state index in [9.17, 15) is 19.7 Å². The van der Waals surface area contributed by atoms with E-state index >= 15 is 0 Å². The van der Waals surface area contributed by atoms with Crippen molar-refractivity contribution in [2.24, 2.45) is 5.41 Å². The van der Waals surface area contributed by atoms with Crippen LogP contribution in [-0.4, -0.2) is 28.8 Å². The smallest absolute Gasteiger partial charge is 0.321 e. The van der Waals surface area contributed by atoms with E-state index in [-0.39, 0.29) is 18.6 Å². The number of rotatable bonds is 5. The molecule has 0 saturated heterocycles. The number of Topliss-reactive ketones (excluding diaryl/α,β-unsaturated/α-hetero) is 1. The summed E-state index contributed by atoms with van der Waals surface area (Å²) in [6.07, 6.45) is 1.07. The second-order valence-corrected chi connectivity index (χ2v) is 7.67. The van der Waals surface area contributed by atoms with Crippen LogP contribution in [0.15, 0.2) is 24.3 Å². The van der Waals surface area contributed by atoms with Gasteiger partial charge in [0.25, 0.3) is 0 Å². The monoisotopic (exact) mass is 347 g/mol. The van der Waals surface area contributed by atoms with Gasteiger partial charge in [0.1, 0.15) is 11.0 Å². The molecule has 2 atom stereocenters. The maximum Gasteiger partial charge on any atom is 0.321 e. The first-order valence-electron chi connectivity index (χ1n) is 8.52. The van der Waals surface area contributed by atoms with Crippen LogP contribution in [-0.2, 0) is 14.3 Å². The maximum atomic E-state index is 13.0. The summed E-state index contributed by atoms with van der Waals surface area (Å²) < 4.78 is 5.54. The Morgan fingerprint density at radius 1 is 1.36 bits per heavy atom. The Hall–Kier alpha value is -2.24. The number of ether oxygens (including phenoxy) is 1. The van der Waals surface area contributed by atoms with Gasteiger partial charge in [-0.2, -0.15) is 0 Å². The average molecular weight is 347 g/mol. The highest BCUT2D eigenvalue weighted by molar-refractivity contribution is 6.06. The van der Waals surface area contributed by atoms with Gasteiger partial charge in [-0.3, -0.25) is 19.7 Å². The fourth-order valence-corrected chi connectivity index (χ4v) is 3.63. The van der Waals surface area contributed by atoms with Gasteiger partial charge in [-0.1, -0.05) is 24.3 Å². The Morgan fingerprint density at radius 3 is 2.48 bits per heavy atom. The second-order valence-electron chi connectivity index (χ2n) is 7.67. The van der Waals surface area contributed by atoms with E-state index in [1.807, 2.05) is 19.1 Å². The third-order valence-corrected chi connectivity index (χ3v) is 4.73. The zero-order chi connectivity index (χ0) is 18.8.